The molecule has 0 saturated heterocycles. The molecule has 0 radical (unpaired) electrons. The van der Waals surface area contributed by atoms with Crippen molar-refractivity contribution in [1.29, 1.82) is 0 Å². The summed E-state index contributed by atoms with van der Waals surface area (Å²) in [5.41, 5.74) is 2.80. The number of nitro benzene ring substituents is 1. The summed E-state index contributed by atoms with van der Waals surface area (Å²) in [5, 5.41) is 24.1. The monoisotopic (exact) mass is 336 g/mol. The smallest absolute Gasteiger partial charge is 0.335 e. The van der Waals surface area contributed by atoms with E-state index in [0.717, 1.165) is 17.7 Å². The number of para-hydroxylation sites is 1. The van der Waals surface area contributed by atoms with E-state index in [-0.39, 0.29) is 34.1 Å². The van der Waals surface area contributed by atoms with Gasteiger partial charge in [-0.25, -0.2) is 4.79 Å². The summed E-state index contributed by atoms with van der Waals surface area (Å²) in [6.45, 7) is 0. The first-order valence-corrected chi connectivity index (χ1v) is 8.10. The lowest BCUT2D eigenvalue weighted by atomic mass is 9.76. The highest BCUT2D eigenvalue weighted by Crippen LogP contribution is 2.51. The van der Waals surface area contributed by atoms with E-state index >= 15 is 0 Å². The topological polar surface area (TPSA) is 92.5 Å². The first kappa shape index (κ1) is 15.4. The number of hydrogen-bond donors (Lipinski definition) is 2. The van der Waals surface area contributed by atoms with Crippen molar-refractivity contribution < 1.29 is 14.8 Å². The molecule has 0 unspecified atom stereocenters. The zero-order valence-corrected chi connectivity index (χ0v) is 13.3. The molecule has 3 atom stereocenters. The van der Waals surface area contributed by atoms with Crippen LogP contribution in [0.15, 0.2) is 54.6 Å². The van der Waals surface area contributed by atoms with E-state index in [9.17, 15) is 20.0 Å². The summed E-state index contributed by atoms with van der Waals surface area (Å²) in [7, 11) is 0. The van der Waals surface area contributed by atoms with E-state index in [1.807, 2.05) is 6.07 Å². The van der Waals surface area contributed by atoms with Crippen molar-refractivity contribution in [3.8, 4) is 0 Å². The quantitative estimate of drug-likeness (QED) is 0.500. The third-order valence-electron chi connectivity index (χ3n) is 5.08. The van der Waals surface area contributed by atoms with Crippen molar-refractivity contribution in [1.82, 2.24) is 0 Å². The normalized spacial score (nSPS) is 23.4. The number of nitrogens with zero attached hydrogens (tertiary/aromatic N) is 1. The number of aromatic carboxylic acids is 1. The number of allylic oxidation sites excluding steroid dienone is 2. The minimum atomic E-state index is -0.956. The summed E-state index contributed by atoms with van der Waals surface area (Å²) in [6, 6.07) is 11.6. The van der Waals surface area contributed by atoms with Gasteiger partial charge in [-0.1, -0.05) is 30.4 Å². The second-order valence-electron chi connectivity index (χ2n) is 6.40. The minimum absolute atomic E-state index is 0.0559. The van der Waals surface area contributed by atoms with Crippen LogP contribution >= 0.6 is 0 Å². The number of nitrogens with one attached hydrogen (secondary N) is 1. The van der Waals surface area contributed by atoms with Gasteiger partial charge in [-0.2, -0.15) is 0 Å². The van der Waals surface area contributed by atoms with Crippen molar-refractivity contribution in [2.24, 2.45) is 5.92 Å². The molecular weight excluding hydrogens is 320 g/mol. The summed E-state index contributed by atoms with van der Waals surface area (Å²) in [5.74, 6) is -0.778. The van der Waals surface area contributed by atoms with E-state index in [0.29, 0.717) is 5.56 Å². The fraction of sp³-hybridized carbons (Fsp3) is 0.211. The molecule has 0 fully saturated rings. The number of fused-ring (bicyclic) bond motifs is 3. The molecule has 126 valence electrons. The first-order valence-electron chi connectivity index (χ1n) is 8.10. The van der Waals surface area contributed by atoms with Crippen molar-refractivity contribution in [3.05, 3.63) is 81.4 Å². The van der Waals surface area contributed by atoms with Gasteiger partial charge in [0, 0.05) is 17.7 Å². The van der Waals surface area contributed by atoms with Gasteiger partial charge in [-0.15, -0.1) is 0 Å². The number of carbonyl (C=O) groups is 1. The van der Waals surface area contributed by atoms with Crippen LogP contribution in [-0.2, 0) is 0 Å². The zero-order chi connectivity index (χ0) is 17.6. The Morgan fingerprint density at radius 2 is 2.00 bits per heavy atom. The summed E-state index contributed by atoms with van der Waals surface area (Å²) in [4.78, 5) is 22.3. The van der Waals surface area contributed by atoms with Gasteiger partial charge < -0.3 is 10.4 Å². The number of anilines is 1. The van der Waals surface area contributed by atoms with Crippen molar-refractivity contribution in [3.63, 3.8) is 0 Å². The SMILES string of the molecule is O=C(O)c1ccc2c(c1)[C@H]1C=CC[C@@H]1[C@H](c1ccccc1[N+](=O)[O-])N2. The lowest BCUT2D eigenvalue weighted by Gasteiger charge is -2.37. The number of carboxylic acid groups (broad SMARTS) is 1. The van der Waals surface area contributed by atoms with Crippen LogP contribution in [0.5, 0.6) is 0 Å². The van der Waals surface area contributed by atoms with E-state index < -0.39 is 5.97 Å². The van der Waals surface area contributed by atoms with Gasteiger partial charge in [0.1, 0.15) is 0 Å². The van der Waals surface area contributed by atoms with Gasteiger partial charge in [0.2, 0.25) is 0 Å². The Hall–Kier alpha value is -3.15. The molecule has 0 amide bonds. The van der Waals surface area contributed by atoms with Crippen molar-refractivity contribution in [2.45, 2.75) is 18.4 Å². The Balaban J connectivity index is 1.81. The molecule has 1 heterocycles. The molecule has 0 bridgehead atoms. The number of rotatable bonds is 3. The van der Waals surface area contributed by atoms with Gasteiger partial charge in [0.05, 0.1) is 22.1 Å². The highest BCUT2D eigenvalue weighted by Gasteiger charge is 2.40. The summed E-state index contributed by atoms with van der Waals surface area (Å²) >= 11 is 0. The molecule has 2 N–H and O–H groups in total. The average molecular weight is 336 g/mol. The lowest BCUT2D eigenvalue weighted by molar-refractivity contribution is -0.385. The second-order valence-corrected chi connectivity index (χ2v) is 6.40. The van der Waals surface area contributed by atoms with Gasteiger partial charge >= 0.3 is 5.97 Å². The molecule has 2 aromatic carbocycles. The standard InChI is InChI=1S/C19H16N2O4/c22-19(23)11-8-9-16-15(10-11)12-5-3-6-13(12)18(20-16)14-4-1-2-7-17(14)21(24)25/h1-5,7-10,12-13,18,20H,6H2,(H,22,23)/t12-,13-,18+/m0/s1. The molecule has 4 rings (SSSR count). The van der Waals surface area contributed by atoms with Gasteiger partial charge in [-0.05, 0) is 36.1 Å². The number of carboxylic acids is 1. The van der Waals surface area contributed by atoms with Gasteiger partial charge in [0.25, 0.3) is 5.69 Å². The lowest BCUT2D eigenvalue weighted by Crippen LogP contribution is -2.29. The largest absolute Gasteiger partial charge is 0.478 e. The Kier molecular flexibility index (Phi) is 3.53. The highest BCUT2D eigenvalue weighted by molar-refractivity contribution is 5.89. The molecule has 6 heteroatoms. The Morgan fingerprint density at radius 3 is 2.76 bits per heavy atom. The summed E-state index contributed by atoms with van der Waals surface area (Å²) < 4.78 is 0. The molecular formula is C19H16N2O4. The van der Waals surface area contributed by atoms with Crippen LogP contribution < -0.4 is 5.32 Å². The maximum absolute atomic E-state index is 11.4. The van der Waals surface area contributed by atoms with Gasteiger partial charge in [-0.3, -0.25) is 10.1 Å². The molecule has 1 aliphatic heterocycles. The second kappa shape index (κ2) is 5.73. The number of benzene rings is 2. The van der Waals surface area contributed by atoms with E-state index in [2.05, 4.69) is 17.5 Å². The summed E-state index contributed by atoms with van der Waals surface area (Å²) in [6.07, 6.45) is 4.95. The van der Waals surface area contributed by atoms with Crippen LogP contribution in [-0.4, -0.2) is 16.0 Å². The van der Waals surface area contributed by atoms with Crippen molar-refractivity contribution >= 4 is 17.3 Å². The van der Waals surface area contributed by atoms with Crippen LogP contribution in [0.1, 0.15) is 39.9 Å². The molecule has 2 aromatic rings. The molecule has 2 aliphatic rings. The van der Waals surface area contributed by atoms with E-state index in [1.165, 1.54) is 6.07 Å². The average Bonchev–Trinajstić information content (AvgIpc) is 3.10. The number of hydrogen-bond acceptors (Lipinski definition) is 4. The van der Waals surface area contributed by atoms with E-state index in [1.54, 1.807) is 30.3 Å². The predicted molar refractivity (Wildman–Crippen MR) is 92.8 cm³/mol. The van der Waals surface area contributed by atoms with Crippen LogP contribution in [0.4, 0.5) is 11.4 Å². The highest BCUT2D eigenvalue weighted by atomic mass is 16.6. The fourth-order valence-electron chi connectivity index (χ4n) is 3.95. The van der Waals surface area contributed by atoms with Crippen LogP contribution in [0.2, 0.25) is 0 Å². The molecule has 0 saturated carbocycles. The molecule has 0 spiro atoms. The number of nitro groups is 1. The maximum atomic E-state index is 11.4. The Labute approximate surface area is 144 Å². The third-order valence-corrected chi connectivity index (χ3v) is 5.08. The molecule has 1 aliphatic carbocycles. The Bertz CT molecular complexity index is 906. The third kappa shape index (κ3) is 2.46. The minimum Gasteiger partial charge on any atom is -0.478 e. The zero-order valence-electron chi connectivity index (χ0n) is 13.3. The van der Waals surface area contributed by atoms with Crippen LogP contribution in [0.3, 0.4) is 0 Å². The van der Waals surface area contributed by atoms with E-state index in [4.69, 9.17) is 0 Å². The van der Waals surface area contributed by atoms with Crippen LogP contribution in [0, 0.1) is 16.0 Å². The molecule has 0 aromatic heterocycles. The predicted octanol–water partition coefficient (Wildman–Crippen LogP) is 4.12. The molecule has 6 nitrogen and oxygen atoms in total. The Morgan fingerprint density at radius 1 is 1.20 bits per heavy atom. The van der Waals surface area contributed by atoms with Gasteiger partial charge in [0.15, 0.2) is 0 Å². The maximum Gasteiger partial charge on any atom is 0.335 e. The first-order chi connectivity index (χ1) is 12.1. The fourth-order valence-corrected chi connectivity index (χ4v) is 3.95. The van der Waals surface area contributed by atoms with Crippen LogP contribution in [0.25, 0.3) is 0 Å². The van der Waals surface area contributed by atoms with Crippen molar-refractivity contribution in [2.75, 3.05) is 5.32 Å². The molecule has 25 heavy (non-hydrogen) atoms.